The van der Waals surface area contributed by atoms with Gasteiger partial charge in [-0.25, -0.2) is 9.59 Å². The van der Waals surface area contributed by atoms with Crippen molar-refractivity contribution < 1.29 is 28.5 Å². The van der Waals surface area contributed by atoms with Gasteiger partial charge in [0.15, 0.2) is 0 Å². The van der Waals surface area contributed by atoms with E-state index in [0.29, 0.717) is 29.4 Å². The molecule has 2 amide bonds. The first-order valence-corrected chi connectivity index (χ1v) is 12.1. The molecule has 2 atom stereocenters. The van der Waals surface area contributed by atoms with Gasteiger partial charge in [0.1, 0.15) is 29.3 Å². The Morgan fingerprint density at radius 1 is 0.895 bits per heavy atom. The molecule has 38 heavy (non-hydrogen) atoms. The number of nitrogens with zero attached hydrogens (tertiary/aromatic N) is 1. The van der Waals surface area contributed by atoms with Gasteiger partial charge >= 0.3 is 12.0 Å². The Hall–Kier alpha value is -4.66. The van der Waals surface area contributed by atoms with Gasteiger partial charge in [0.05, 0.1) is 34.1 Å². The van der Waals surface area contributed by atoms with Crippen molar-refractivity contribution in [2.75, 3.05) is 33.8 Å². The largest absolute Gasteiger partial charge is 0.497 e. The minimum Gasteiger partial charge on any atom is -0.497 e. The number of hydrogen-bond donors (Lipinski definition) is 2. The summed E-state index contributed by atoms with van der Waals surface area (Å²) >= 11 is 0. The SMILES string of the molecule is COC(=O)[C@@H]1Cc2c([nH]c3ccccc23)C(c2ccc(OC)cc2)N1C(=O)Nc1ccc(OC)cc1OC. The molecule has 2 heterocycles. The van der Waals surface area contributed by atoms with Gasteiger partial charge in [-0.05, 0) is 41.5 Å². The molecule has 0 fully saturated rings. The van der Waals surface area contributed by atoms with Crippen LogP contribution in [0.5, 0.6) is 17.2 Å². The summed E-state index contributed by atoms with van der Waals surface area (Å²) in [6, 6.07) is 18.5. The number of para-hydroxylation sites is 1. The van der Waals surface area contributed by atoms with Crippen molar-refractivity contribution in [1.29, 1.82) is 0 Å². The Morgan fingerprint density at radius 2 is 1.61 bits per heavy atom. The van der Waals surface area contributed by atoms with Crippen LogP contribution in [-0.2, 0) is 16.0 Å². The van der Waals surface area contributed by atoms with E-state index in [0.717, 1.165) is 27.7 Å². The maximum absolute atomic E-state index is 14.0. The van der Waals surface area contributed by atoms with E-state index in [2.05, 4.69) is 10.3 Å². The summed E-state index contributed by atoms with van der Waals surface area (Å²) in [7, 11) is 6.00. The normalized spacial score (nSPS) is 16.5. The van der Waals surface area contributed by atoms with Crippen LogP contribution in [0.3, 0.4) is 0 Å². The zero-order valence-electron chi connectivity index (χ0n) is 21.6. The number of methoxy groups -OCH3 is 4. The maximum atomic E-state index is 14.0. The second-order valence-electron chi connectivity index (χ2n) is 8.89. The number of rotatable bonds is 6. The van der Waals surface area contributed by atoms with Crippen LogP contribution in [0.4, 0.5) is 10.5 Å². The highest BCUT2D eigenvalue weighted by Crippen LogP contribution is 2.42. The number of esters is 1. The fourth-order valence-corrected chi connectivity index (χ4v) is 5.07. The summed E-state index contributed by atoms with van der Waals surface area (Å²) in [4.78, 5) is 32.3. The van der Waals surface area contributed by atoms with E-state index in [9.17, 15) is 9.59 Å². The van der Waals surface area contributed by atoms with E-state index in [-0.39, 0.29) is 0 Å². The summed E-state index contributed by atoms with van der Waals surface area (Å²) in [6.45, 7) is 0. The molecule has 3 aromatic carbocycles. The van der Waals surface area contributed by atoms with E-state index in [4.69, 9.17) is 18.9 Å². The third-order valence-electron chi connectivity index (χ3n) is 6.92. The molecule has 0 aliphatic carbocycles. The molecule has 2 N–H and O–H groups in total. The van der Waals surface area contributed by atoms with Crippen LogP contribution in [0.15, 0.2) is 66.7 Å². The maximum Gasteiger partial charge on any atom is 0.329 e. The number of benzene rings is 3. The van der Waals surface area contributed by atoms with Crippen LogP contribution in [0.25, 0.3) is 10.9 Å². The number of H-pyrrole nitrogens is 1. The van der Waals surface area contributed by atoms with Crippen LogP contribution in [0.2, 0.25) is 0 Å². The molecule has 1 aromatic heterocycles. The van der Waals surface area contributed by atoms with Crippen LogP contribution in [-0.4, -0.2) is 56.4 Å². The molecule has 9 heteroatoms. The lowest BCUT2D eigenvalue weighted by molar-refractivity contribution is -0.146. The average Bonchev–Trinajstić information content (AvgIpc) is 3.34. The van der Waals surface area contributed by atoms with Crippen LogP contribution >= 0.6 is 0 Å². The van der Waals surface area contributed by atoms with Crippen molar-refractivity contribution in [3.63, 3.8) is 0 Å². The van der Waals surface area contributed by atoms with Gasteiger partial charge in [-0.3, -0.25) is 4.90 Å². The third kappa shape index (κ3) is 4.36. The zero-order chi connectivity index (χ0) is 26.8. The number of urea groups is 1. The summed E-state index contributed by atoms with van der Waals surface area (Å²) in [5.41, 5.74) is 4.00. The highest BCUT2D eigenvalue weighted by atomic mass is 16.5. The van der Waals surface area contributed by atoms with Crippen LogP contribution < -0.4 is 19.5 Å². The van der Waals surface area contributed by atoms with E-state index in [1.165, 1.54) is 19.1 Å². The van der Waals surface area contributed by atoms with Gasteiger partial charge < -0.3 is 29.2 Å². The lowest BCUT2D eigenvalue weighted by Crippen LogP contribution is -2.53. The smallest absolute Gasteiger partial charge is 0.329 e. The average molecular weight is 516 g/mol. The second kappa shape index (κ2) is 10.4. The number of amides is 2. The predicted octanol–water partition coefficient (Wildman–Crippen LogP) is 4.91. The van der Waals surface area contributed by atoms with Crippen LogP contribution in [0.1, 0.15) is 22.9 Å². The molecule has 0 spiro atoms. The number of aromatic nitrogens is 1. The summed E-state index contributed by atoms with van der Waals surface area (Å²) < 4.78 is 21.3. The number of nitrogens with one attached hydrogen (secondary N) is 2. The van der Waals surface area contributed by atoms with Gasteiger partial charge in [-0.2, -0.15) is 0 Å². The van der Waals surface area contributed by atoms with Gasteiger partial charge in [-0.1, -0.05) is 30.3 Å². The lowest BCUT2D eigenvalue weighted by Gasteiger charge is -2.40. The first kappa shape index (κ1) is 25.0. The lowest BCUT2D eigenvalue weighted by atomic mass is 9.88. The van der Waals surface area contributed by atoms with Crippen molar-refractivity contribution in [2.45, 2.75) is 18.5 Å². The van der Waals surface area contributed by atoms with Crippen molar-refractivity contribution in [2.24, 2.45) is 0 Å². The van der Waals surface area contributed by atoms with Gasteiger partial charge in [0.2, 0.25) is 0 Å². The molecule has 0 saturated carbocycles. The summed E-state index contributed by atoms with van der Waals surface area (Å²) in [5, 5.41) is 3.94. The highest BCUT2D eigenvalue weighted by Gasteiger charge is 2.44. The molecular formula is C29H29N3O6. The quantitative estimate of drug-likeness (QED) is 0.354. The fourth-order valence-electron chi connectivity index (χ4n) is 5.07. The third-order valence-corrected chi connectivity index (χ3v) is 6.92. The second-order valence-corrected chi connectivity index (χ2v) is 8.89. The standard InChI is InChI=1S/C29H29N3O6/c1-35-18-11-9-17(10-12-18)27-26-21(20-7-5-6-8-22(20)30-26)16-24(28(33)38-4)32(27)29(34)31-23-14-13-19(36-2)15-25(23)37-3/h5-15,24,27,30H,16H2,1-4H3,(H,31,34)/t24-,27?/m0/s1. The highest BCUT2D eigenvalue weighted by molar-refractivity contribution is 5.96. The van der Waals surface area contributed by atoms with Crippen molar-refractivity contribution in [3.8, 4) is 17.2 Å². The zero-order valence-corrected chi connectivity index (χ0v) is 21.6. The molecule has 1 unspecified atom stereocenters. The van der Waals surface area contributed by atoms with Gasteiger partial charge in [0, 0.05) is 29.1 Å². The summed E-state index contributed by atoms with van der Waals surface area (Å²) in [6.07, 6.45) is 0.297. The topological polar surface area (TPSA) is 102 Å². The molecule has 0 radical (unpaired) electrons. The Bertz CT molecular complexity index is 1480. The number of fused-ring (bicyclic) bond motifs is 3. The van der Waals surface area contributed by atoms with Gasteiger partial charge in [-0.15, -0.1) is 0 Å². The van der Waals surface area contributed by atoms with E-state index < -0.39 is 24.1 Å². The molecule has 1 aliphatic heterocycles. The number of hydrogen-bond acceptors (Lipinski definition) is 6. The van der Waals surface area contributed by atoms with Gasteiger partial charge in [0.25, 0.3) is 0 Å². The van der Waals surface area contributed by atoms with Crippen molar-refractivity contribution in [3.05, 3.63) is 83.6 Å². The number of carbonyl (C=O) groups excluding carboxylic acids is 2. The first-order chi connectivity index (χ1) is 18.5. The van der Waals surface area contributed by atoms with Crippen LogP contribution in [0, 0.1) is 0 Å². The Morgan fingerprint density at radius 3 is 2.29 bits per heavy atom. The molecule has 1 aliphatic rings. The molecule has 5 rings (SSSR count). The molecule has 0 saturated heterocycles. The number of aromatic amines is 1. The first-order valence-electron chi connectivity index (χ1n) is 12.1. The monoisotopic (exact) mass is 515 g/mol. The molecule has 9 nitrogen and oxygen atoms in total. The summed E-state index contributed by atoms with van der Waals surface area (Å²) in [5.74, 6) is 1.20. The van der Waals surface area contributed by atoms with E-state index in [1.807, 2.05) is 48.5 Å². The number of anilines is 1. The molecule has 4 aromatic rings. The van der Waals surface area contributed by atoms with E-state index in [1.54, 1.807) is 32.4 Å². The Balaban J connectivity index is 1.65. The van der Waals surface area contributed by atoms with Crippen molar-refractivity contribution >= 4 is 28.6 Å². The predicted molar refractivity (Wildman–Crippen MR) is 143 cm³/mol. The Kier molecular flexibility index (Phi) is 6.83. The molecular weight excluding hydrogens is 486 g/mol. The van der Waals surface area contributed by atoms with Crippen molar-refractivity contribution in [1.82, 2.24) is 9.88 Å². The fraction of sp³-hybridized carbons (Fsp3) is 0.241. The Labute approximate surface area is 220 Å². The number of carbonyl (C=O) groups is 2. The number of ether oxygens (including phenoxy) is 4. The minimum absolute atomic E-state index is 0.297. The minimum atomic E-state index is -0.872. The van der Waals surface area contributed by atoms with E-state index >= 15 is 0 Å². The molecule has 0 bridgehead atoms. The molecule has 196 valence electrons.